The number of nitrogens with zero attached hydrogens (tertiary/aromatic N) is 1. The van der Waals surface area contributed by atoms with Gasteiger partial charge in [0.2, 0.25) is 0 Å². The van der Waals surface area contributed by atoms with E-state index in [1.54, 1.807) is 36.4 Å². The lowest BCUT2D eigenvalue weighted by Gasteiger charge is -2.38. The molecule has 4 rings (SSSR count). The largest absolute Gasteiger partial charge is 0.494 e. The molecule has 3 aromatic carbocycles. The Labute approximate surface area is 207 Å². The highest BCUT2D eigenvalue weighted by Gasteiger charge is 2.33. The molecular weight excluding hydrogens is 446 g/mol. The molecule has 1 heterocycles. The Kier molecular flexibility index (Phi) is 8.39. The van der Waals surface area contributed by atoms with Gasteiger partial charge in [0.25, 0.3) is 0 Å². The molecule has 0 radical (unpaired) electrons. The lowest BCUT2D eigenvalue weighted by atomic mass is 9.84. The Morgan fingerprint density at radius 1 is 0.853 bits per heavy atom. The highest BCUT2D eigenvalue weighted by Crippen LogP contribution is 2.32. The van der Waals surface area contributed by atoms with E-state index in [1.807, 2.05) is 42.5 Å². The summed E-state index contributed by atoms with van der Waals surface area (Å²) in [5, 5.41) is 11.6. The van der Waals surface area contributed by atoms with Crippen LogP contribution in [0, 0.1) is 0 Å². The number of aliphatic hydroxyl groups is 1. The van der Waals surface area contributed by atoms with E-state index in [0.29, 0.717) is 22.8 Å². The number of rotatable bonds is 10. The van der Waals surface area contributed by atoms with E-state index in [0.717, 1.165) is 63.1 Å². The highest BCUT2D eigenvalue weighted by molar-refractivity contribution is 6.30. The fourth-order valence-electron chi connectivity index (χ4n) is 4.46. The van der Waals surface area contributed by atoms with Crippen molar-refractivity contribution in [2.75, 3.05) is 26.2 Å². The van der Waals surface area contributed by atoms with Crippen LogP contribution in [0.1, 0.15) is 53.6 Å². The number of hydrogen-bond acceptors (Lipinski definition) is 4. The zero-order valence-electron chi connectivity index (χ0n) is 19.5. The molecule has 0 unspecified atom stereocenters. The average molecular weight is 478 g/mol. The van der Waals surface area contributed by atoms with Crippen molar-refractivity contribution in [3.63, 3.8) is 0 Å². The second-order valence-electron chi connectivity index (χ2n) is 9.01. The maximum absolute atomic E-state index is 12.5. The van der Waals surface area contributed by atoms with Gasteiger partial charge in [0.05, 0.1) is 12.2 Å². The van der Waals surface area contributed by atoms with E-state index < -0.39 is 5.60 Å². The molecule has 1 aliphatic rings. The number of benzene rings is 3. The van der Waals surface area contributed by atoms with Crippen LogP contribution in [0.25, 0.3) is 0 Å². The molecule has 4 nitrogen and oxygen atoms in total. The van der Waals surface area contributed by atoms with Crippen molar-refractivity contribution in [1.82, 2.24) is 4.90 Å². The molecule has 0 atom stereocenters. The number of carbonyl (C=O) groups excluding carboxylic acids is 1. The maximum Gasteiger partial charge on any atom is 0.193 e. The van der Waals surface area contributed by atoms with Crippen molar-refractivity contribution in [2.45, 2.75) is 37.7 Å². The minimum atomic E-state index is -0.680. The molecule has 1 N–H and O–H groups in total. The zero-order chi connectivity index (χ0) is 23.8. The molecule has 0 aromatic heterocycles. The molecule has 1 fully saturated rings. The van der Waals surface area contributed by atoms with Gasteiger partial charge in [0.1, 0.15) is 5.75 Å². The lowest BCUT2D eigenvalue weighted by molar-refractivity contribution is -0.0261. The fraction of sp³-hybridized carbons (Fsp3) is 0.345. The molecule has 0 bridgehead atoms. The van der Waals surface area contributed by atoms with Gasteiger partial charge in [-0.25, -0.2) is 0 Å². The van der Waals surface area contributed by atoms with Crippen LogP contribution in [0.3, 0.4) is 0 Å². The number of ether oxygens (including phenoxy) is 1. The van der Waals surface area contributed by atoms with Crippen LogP contribution in [0.2, 0.25) is 5.02 Å². The van der Waals surface area contributed by atoms with Crippen LogP contribution in [0.5, 0.6) is 5.75 Å². The van der Waals surface area contributed by atoms with Crippen LogP contribution < -0.4 is 4.74 Å². The minimum Gasteiger partial charge on any atom is -0.494 e. The predicted octanol–water partition coefficient (Wildman–Crippen LogP) is 6.10. The Hall–Kier alpha value is -2.66. The molecule has 34 heavy (non-hydrogen) atoms. The number of ketones is 1. The van der Waals surface area contributed by atoms with Crippen molar-refractivity contribution < 1.29 is 14.6 Å². The molecule has 0 spiro atoms. The number of carbonyl (C=O) groups is 1. The van der Waals surface area contributed by atoms with Gasteiger partial charge in [-0.2, -0.15) is 0 Å². The standard InChI is InChI=1S/C29H32ClNO3/c30-26-13-9-23(10-14-26)28(32)24-11-15-27(16-12-24)34-22-6-2-5-19-31-20-17-29(33,18-21-31)25-7-3-1-4-8-25/h1,3-4,7-16,33H,2,5-6,17-22H2. The van der Waals surface area contributed by atoms with E-state index >= 15 is 0 Å². The molecule has 0 aliphatic carbocycles. The first kappa shape index (κ1) is 24.5. The fourth-order valence-corrected chi connectivity index (χ4v) is 4.58. The third-order valence-corrected chi connectivity index (χ3v) is 6.86. The van der Waals surface area contributed by atoms with Crippen molar-refractivity contribution in [2.24, 2.45) is 0 Å². The van der Waals surface area contributed by atoms with Gasteiger partial charge in [0, 0.05) is 29.2 Å². The average Bonchev–Trinajstić information content (AvgIpc) is 2.88. The smallest absolute Gasteiger partial charge is 0.193 e. The van der Waals surface area contributed by atoms with E-state index in [4.69, 9.17) is 16.3 Å². The van der Waals surface area contributed by atoms with Crippen LogP contribution >= 0.6 is 11.6 Å². The molecule has 5 heteroatoms. The van der Waals surface area contributed by atoms with Gasteiger partial charge in [-0.3, -0.25) is 4.79 Å². The number of piperidine rings is 1. The summed E-state index contributed by atoms with van der Waals surface area (Å²) in [4.78, 5) is 15.0. The van der Waals surface area contributed by atoms with E-state index in [2.05, 4.69) is 4.90 Å². The van der Waals surface area contributed by atoms with Gasteiger partial charge in [-0.1, -0.05) is 41.9 Å². The van der Waals surface area contributed by atoms with Crippen molar-refractivity contribution in [3.05, 3.63) is 101 Å². The Morgan fingerprint density at radius 3 is 2.12 bits per heavy atom. The second kappa shape index (κ2) is 11.7. The van der Waals surface area contributed by atoms with E-state index in [-0.39, 0.29) is 5.78 Å². The van der Waals surface area contributed by atoms with Crippen LogP contribution in [-0.2, 0) is 5.60 Å². The third-order valence-electron chi connectivity index (χ3n) is 6.60. The normalized spacial score (nSPS) is 15.7. The summed E-state index contributed by atoms with van der Waals surface area (Å²) >= 11 is 5.89. The van der Waals surface area contributed by atoms with E-state index in [9.17, 15) is 9.90 Å². The first-order valence-electron chi connectivity index (χ1n) is 12.1. The van der Waals surface area contributed by atoms with Crippen molar-refractivity contribution in [1.29, 1.82) is 0 Å². The van der Waals surface area contributed by atoms with Gasteiger partial charge in [0.15, 0.2) is 5.78 Å². The van der Waals surface area contributed by atoms with E-state index in [1.165, 1.54) is 0 Å². The van der Waals surface area contributed by atoms with Crippen molar-refractivity contribution >= 4 is 17.4 Å². The zero-order valence-corrected chi connectivity index (χ0v) is 20.2. The first-order chi connectivity index (χ1) is 16.5. The Bertz CT molecular complexity index is 1040. The van der Waals surface area contributed by atoms with Gasteiger partial charge in [-0.15, -0.1) is 0 Å². The SMILES string of the molecule is O=C(c1ccc(Cl)cc1)c1ccc(OCCCCCN2CCC(O)(c3ccccc3)CC2)cc1. The summed E-state index contributed by atoms with van der Waals surface area (Å²) in [6.07, 6.45) is 4.80. The Balaban J connectivity index is 1.11. The second-order valence-corrected chi connectivity index (χ2v) is 9.45. The lowest BCUT2D eigenvalue weighted by Crippen LogP contribution is -2.42. The number of unbranched alkanes of at least 4 members (excludes halogenated alkanes) is 2. The highest BCUT2D eigenvalue weighted by atomic mass is 35.5. The minimum absolute atomic E-state index is 0.0249. The number of hydrogen-bond donors (Lipinski definition) is 1. The monoisotopic (exact) mass is 477 g/mol. The Morgan fingerprint density at radius 2 is 1.47 bits per heavy atom. The quantitative estimate of drug-likeness (QED) is 0.283. The van der Waals surface area contributed by atoms with Crippen LogP contribution in [-0.4, -0.2) is 42.0 Å². The molecule has 1 aliphatic heterocycles. The molecule has 3 aromatic rings. The summed E-state index contributed by atoms with van der Waals surface area (Å²) in [6, 6.07) is 24.3. The molecule has 1 saturated heterocycles. The summed E-state index contributed by atoms with van der Waals surface area (Å²) in [5.74, 6) is 0.757. The third kappa shape index (κ3) is 6.47. The molecule has 0 amide bonds. The predicted molar refractivity (Wildman–Crippen MR) is 137 cm³/mol. The first-order valence-corrected chi connectivity index (χ1v) is 12.4. The molecular formula is C29H32ClNO3. The van der Waals surface area contributed by atoms with Crippen LogP contribution in [0.4, 0.5) is 0 Å². The number of halogens is 1. The summed E-state index contributed by atoms with van der Waals surface area (Å²) in [7, 11) is 0. The summed E-state index contributed by atoms with van der Waals surface area (Å²) in [6.45, 7) is 3.59. The molecule has 0 saturated carbocycles. The maximum atomic E-state index is 12.5. The van der Waals surface area contributed by atoms with Gasteiger partial charge >= 0.3 is 0 Å². The van der Waals surface area contributed by atoms with Gasteiger partial charge < -0.3 is 14.7 Å². The number of likely N-dealkylation sites (tertiary alicyclic amines) is 1. The summed E-state index contributed by atoms with van der Waals surface area (Å²) < 4.78 is 5.86. The van der Waals surface area contributed by atoms with Gasteiger partial charge in [-0.05, 0) is 92.7 Å². The molecule has 178 valence electrons. The summed E-state index contributed by atoms with van der Waals surface area (Å²) in [5.41, 5.74) is 1.61. The van der Waals surface area contributed by atoms with Crippen LogP contribution in [0.15, 0.2) is 78.9 Å². The van der Waals surface area contributed by atoms with Crippen molar-refractivity contribution in [3.8, 4) is 5.75 Å². The topological polar surface area (TPSA) is 49.8 Å².